The molecule has 0 aromatic carbocycles. The van der Waals surface area contributed by atoms with Crippen LogP contribution in [-0.2, 0) is 10.0 Å². The summed E-state index contributed by atoms with van der Waals surface area (Å²) in [5.74, 6) is 0.640. The molecule has 12 heteroatoms. The van der Waals surface area contributed by atoms with Gasteiger partial charge in [0.15, 0.2) is 5.96 Å². The molecule has 0 radical (unpaired) electrons. The molecule has 0 spiro atoms. The van der Waals surface area contributed by atoms with Crippen LogP contribution in [0.1, 0.15) is 46.0 Å². The van der Waals surface area contributed by atoms with Gasteiger partial charge in [0.25, 0.3) is 0 Å². The first-order valence-corrected chi connectivity index (χ1v) is 11.5. The predicted octanol–water partition coefficient (Wildman–Crippen LogP) is 2.35. The summed E-state index contributed by atoms with van der Waals surface area (Å²) in [4.78, 5) is 7.11. The molecule has 1 atom stereocenters. The molecule has 0 amide bonds. The summed E-state index contributed by atoms with van der Waals surface area (Å²) >= 11 is 0. The number of halogens is 4. The lowest BCUT2D eigenvalue weighted by Gasteiger charge is -2.34. The Kier molecular flexibility index (Phi) is 10.9. The quantitative estimate of drug-likeness (QED) is 0.299. The first-order valence-electron chi connectivity index (χ1n) is 10.0. The Morgan fingerprint density at radius 3 is 2.31 bits per heavy atom. The van der Waals surface area contributed by atoms with Crippen LogP contribution in [0.5, 0.6) is 0 Å². The number of sulfonamides is 1. The van der Waals surface area contributed by atoms with Crippen molar-refractivity contribution in [3.63, 3.8) is 0 Å². The Morgan fingerprint density at radius 1 is 1.10 bits per heavy atom. The predicted molar refractivity (Wildman–Crippen MR) is 119 cm³/mol. The van der Waals surface area contributed by atoms with Crippen LogP contribution in [0.2, 0.25) is 0 Å². The number of nitrogens with zero attached hydrogens (tertiary/aromatic N) is 3. The third-order valence-electron chi connectivity index (χ3n) is 5.39. The van der Waals surface area contributed by atoms with Gasteiger partial charge in [-0.3, -0.25) is 9.89 Å². The van der Waals surface area contributed by atoms with Crippen LogP contribution in [0, 0.1) is 0 Å². The molecule has 2 rings (SSSR count). The fourth-order valence-electron chi connectivity index (χ4n) is 3.78. The molecule has 0 aromatic rings. The van der Waals surface area contributed by atoms with Crippen molar-refractivity contribution in [2.75, 3.05) is 39.3 Å². The van der Waals surface area contributed by atoms with Crippen molar-refractivity contribution in [1.29, 1.82) is 0 Å². The highest BCUT2D eigenvalue weighted by atomic mass is 127. The van der Waals surface area contributed by atoms with Crippen molar-refractivity contribution < 1.29 is 21.6 Å². The van der Waals surface area contributed by atoms with Gasteiger partial charge in [-0.05, 0) is 45.7 Å². The van der Waals surface area contributed by atoms with Crippen LogP contribution in [0.25, 0.3) is 0 Å². The smallest absolute Gasteiger partial charge is 0.357 e. The lowest BCUT2D eigenvalue weighted by molar-refractivity contribution is -0.0494. The van der Waals surface area contributed by atoms with Gasteiger partial charge in [-0.2, -0.15) is 17.5 Å². The van der Waals surface area contributed by atoms with Gasteiger partial charge in [0, 0.05) is 31.7 Å². The monoisotopic (exact) mass is 555 g/mol. The van der Waals surface area contributed by atoms with Gasteiger partial charge in [-0.1, -0.05) is 13.3 Å². The molecule has 0 bridgehead atoms. The number of aliphatic imine (C=N–C) groups is 1. The van der Waals surface area contributed by atoms with Crippen LogP contribution >= 0.6 is 24.0 Å². The number of alkyl halides is 3. The highest BCUT2D eigenvalue weighted by molar-refractivity contribution is 14.0. The van der Waals surface area contributed by atoms with Crippen molar-refractivity contribution >= 4 is 40.0 Å². The fraction of sp³-hybridized carbons (Fsp3) is 0.941. The summed E-state index contributed by atoms with van der Waals surface area (Å²) < 4.78 is 61.6. The van der Waals surface area contributed by atoms with E-state index in [1.165, 1.54) is 12.8 Å². The number of hydrogen-bond donors (Lipinski definition) is 2. The minimum Gasteiger partial charge on any atom is -0.357 e. The second-order valence-corrected chi connectivity index (χ2v) is 9.20. The number of piperidine rings is 2. The van der Waals surface area contributed by atoms with Crippen molar-refractivity contribution in [1.82, 2.24) is 19.8 Å². The number of rotatable bonds is 6. The molecule has 7 nitrogen and oxygen atoms in total. The molecule has 2 heterocycles. The van der Waals surface area contributed by atoms with Crippen LogP contribution in [0.3, 0.4) is 0 Å². The van der Waals surface area contributed by atoms with E-state index in [2.05, 4.69) is 27.4 Å². The van der Waals surface area contributed by atoms with E-state index in [0.717, 1.165) is 19.5 Å². The molecule has 2 aliphatic rings. The minimum atomic E-state index is -5.24. The largest absolute Gasteiger partial charge is 0.511 e. The first-order chi connectivity index (χ1) is 13.2. The van der Waals surface area contributed by atoms with Crippen molar-refractivity contribution in [3.05, 3.63) is 0 Å². The lowest BCUT2D eigenvalue weighted by Crippen LogP contribution is -2.52. The number of likely N-dealkylation sites (tertiary alicyclic amines) is 1. The van der Waals surface area contributed by atoms with E-state index in [1.54, 1.807) is 0 Å². The maximum Gasteiger partial charge on any atom is 0.511 e. The Morgan fingerprint density at radius 2 is 1.76 bits per heavy atom. The normalized spacial score (nSPS) is 23.5. The summed E-state index contributed by atoms with van der Waals surface area (Å²) in [6.45, 7) is 7.24. The van der Waals surface area contributed by atoms with E-state index < -0.39 is 15.5 Å². The molecule has 0 saturated carbocycles. The zero-order chi connectivity index (χ0) is 20.8. The van der Waals surface area contributed by atoms with Gasteiger partial charge in [-0.25, -0.2) is 8.42 Å². The van der Waals surface area contributed by atoms with Crippen molar-refractivity contribution in [2.45, 2.75) is 63.5 Å². The zero-order valence-electron chi connectivity index (χ0n) is 17.0. The minimum absolute atomic E-state index is 0. The summed E-state index contributed by atoms with van der Waals surface area (Å²) in [6, 6.07) is 0.305. The Hall–Kier alpha value is -0.340. The first kappa shape index (κ1) is 26.7. The van der Waals surface area contributed by atoms with E-state index in [9.17, 15) is 21.6 Å². The number of nitrogens with one attached hydrogen (secondary N) is 2. The molecule has 0 aliphatic carbocycles. The topological polar surface area (TPSA) is 77.0 Å². The Balaban J connectivity index is 0.00000420. The summed E-state index contributed by atoms with van der Waals surface area (Å²) in [5, 5.41) is 6.43. The van der Waals surface area contributed by atoms with Crippen LogP contribution < -0.4 is 10.6 Å². The second-order valence-electron chi connectivity index (χ2n) is 7.27. The van der Waals surface area contributed by atoms with E-state index in [-0.39, 0.29) is 43.1 Å². The standard InChI is InChI=1S/C17H32F3N5O2S.HI/c1-3-21-16(22-13-15-7-5-6-10-24(15)4-2)23-14-8-11-25(12-9-14)28(26,27)17(18,19)20;/h14-15H,3-13H2,1-2H3,(H2,21,22,23);1H. The molecular formula is C17H33F3IN5O2S. The Labute approximate surface area is 188 Å². The Bertz CT molecular complexity index is 625. The summed E-state index contributed by atoms with van der Waals surface area (Å²) in [6.07, 6.45) is 4.15. The van der Waals surface area contributed by atoms with E-state index in [4.69, 9.17) is 0 Å². The summed E-state index contributed by atoms with van der Waals surface area (Å²) in [7, 11) is -5.24. The third-order valence-corrected chi connectivity index (χ3v) is 7.02. The van der Waals surface area contributed by atoms with E-state index in [0.29, 0.717) is 42.2 Å². The molecular weight excluding hydrogens is 522 g/mol. The van der Waals surface area contributed by atoms with Crippen LogP contribution in [0.4, 0.5) is 13.2 Å². The number of hydrogen-bond acceptors (Lipinski definition) is 4. The molecule has 0 aromatic heterocycles. The van der Waals surface area contributed by atoms with E-state index >= 15 is 0 Å². The molecule has 2 N–H and O–H groups in total. The van der Waals surface area contributed by atoms with Gasteiger partial charge in [-0.15, -0.1) is 24.0 Å². The zero-order valence-corrected chi connectivity index (χ0v) is 20.2. The molecule has 1 unspecified atom stereocenters. The van der Waals surface area contributed by atoms with Crippen LogP contribution in [0.15, 0.2) is 4.99 Å². The average Bonchev–Trinajstić information content (AvgIpc) is 2.66. The highest BCUT2D eigenvalue weighted by Gasteiger charge is 2.50. The third kappa shape index (κ3) is 7.39. The highest BCUT2D eigenvalue weighted by Crippen LogP contribution is 2.29. The van der Waals surface area contributed by atoms with Gasteiger partial charge < -0.3 is 10.6 Å². The maximum atomic E-state index is 12.7. The number of likely N-dealkylation sites (N-methyl/N-ethyl adjacent to an activating group) is 1. The SMILES string of the molecule is CCNC(=NCC1CCCCN1CC)NC1CCN(S(=O)(=O)C(F)(F)F)CC1.I. The molecule has 2 fully saturated rings. The molecule has 2 aliphatic heterocycles. The summed E-state index contributed by atoms with van der Waals surface area (Å²) in [5.41, 5.74) is -5.24. The van der Waals surface area contributed by atoms with Gasteiger partial charge in [0.05, 0.1) is 6.54 Å². The van der Waals surface area contributed by atoms with E-state index in [1.807, 2.05) is 6.92 Å². The average molecular weight is 555 g/mol. The van der Waals surface area contributed by atoms with Gasteiger partial charge in [0.1, 0.15) is 0 Å². The van der Waals surface area contributed by atoms with Gasteiger partial charge in [0.2, 0.25) is 0 Å². The lowest BCUT2D eigenvalue weighted by atomic mass is 10.0. The van der Waals surface area contributed by atoms with Crippen molar-refractivity contribution in [2.24, 2.45) is 4.99 Å². The molecule has 2 saturated heterocycles. The van der Waals surface area contributed by atoms with Gasteiger partial charge >= 0.3 is 15.5 Å². The maximum absolute atomic E-state index is 12.7. The molecule has 29 heavy (non-hydrogen) atoms. The molecule has 172 valence electrons. The second kappa shape index (κ2) is 11.9. The van der Waals surface area contributed by atoms with Crippen molar-refractivity contribution in [3.8, 4) is 0 Å². The van der Waals surface area contributed by atoms with Crippen LogP contribution in [-0.4, -0.2) is 80.4 Å². The number of guanidine groups is 1. The fourth-order valence-corrected chi connectivity index (χ4v) is 4.76.